The van der Waals surface area contributed by atoms with Crippen molar-refractivity contribution >= 4 is 51.5 Å². The van der Waals surface area contributed by atoms with Gasteiger partial charge >= 0.3 is 0 Å². The Labute approximate surface area is 313 Å². The Morgan fingerprint density at radius 2 is 1.92 bits per heavy atom. The van der Waals surface area contributed by atoms with Crippen LogP contribution in [0.3, 0.4) is 0 Å². The highest BCUT2D eigenvalue weighted by molar-refractivity contribution is 6.32. The van der Waals surface area contributed by atoms with Crippen molar-refractivity contribution in [1.82, 2.24) is 34.7 Å². The van der Waals surface area contributed by atoms with Crippen LogP contribution in [0.1, 0.15) is 54.0 Å². The SMILES string of the molecule is Cc1c(Cl)cc2c(c1-c1c(CCC#N)cc3c(nc(N4CC(N(C)C)C4)c4nnn([C@H]5CCN(C(=O)/C=C/CN(C)C)[C@H](CC#N)C5)c43)c1F)C=NC2. The molecule has 0 aliphatic carbocycles. The first-order valence-electron chi connectivity index (χ1n) is 18.0. The molecular weight excluding hydrogens is 693 g/mol. The molecule has 2 fully saturated rings. The van der Waals surface area contributed by atoms with Gasteiger partial charge in [-0.25, -0.2) is 14.1 Å². The topological polar surface area (TPSA) is 134 Å². The van der Waals surface area contributed by atoms with Gasteiger partial charge in [0.1, 0.15) is 11.0 Å². The van der Waals surface area contributed by atoms with E-state index in [0.717, 1.165) is 16.7 Å². The number of likely N-dealkylation sites (tertiary alicyclic amines) is 1. The molecule has 2 saturated heterocycles. The largest absolute Gasteiger partial charge is 0.351 e. The Kier molecular flexibility index (Phi) is 10.2. The predicted molar refractivity (Wildman–Crippen MR) is 205 cm³/mol. The molecule has 5 heterocycles. The lowest BCUT2D eigenvalue weighted by Gasteiger charge is -2.43. The molecule has 14 heteroatoms. The molecular formula is C39H43ClFN11O. The summed E-state index contributed by atoms with van der Waals surface area (Å²) in [5, 5.41) is 30.0. The van der Waals surface area contributed by atoms with Crippen molar-refractivity contribution in [1.29, 1.82) is 10.5 Å². The number of hydrogen-bond acceptors (Lipinski definition) is 10. The van der Waals surface area contributed by atoms with Crippen molar-refractivity contribution in [2.75, 3.05) is 59.3 Å². The van der Waals surface area contributed by atoms with E-state index in [9.17, 15) is 15.3 Å². The first kappa shape index (κ1) is 36.4. The lowest BCUT2D eigenvalue weighted by molar-refractivity contribution is -0.130. The Bertz CT molecular complexity index is 2240. The van der Waals surface area contributed by atoms with Crippen molar-refractivity contribution < 1.29 is 9.18 Å². The molecule has 0 unspecified atom stereocenters. The molecule has 0 radical (unpaired) electrons. The molecule has 1 amide bonds. The van der Waals surface area contributed by atoms with Crippen LogP contribution in [0.5, 0.6) is 0 Å². The van der Waals surface area contributed by atoms with Gasteiger partial charge in [-0.15, -0.1) is 5.10 Å². The number of likely N-dealkylation sites (N-methyl/N-ethyl adjacent to an activating group) is 2. The minimum Gasteiger partial charge on any atom is -0.351 e. The smallest absolute Gasteiger partial charge is 0.246 e. The van der Waals surface area contributed by atoms with Gasteiger partial charge in [-0.05, 0) is 88.8 Å². The van der Waals surface area contributed by atoms with E-state index in [4.69, 9.17) is 26.9 Å². The fraction of sp³-hybridized carbons (Fsp3) is 0.462. The van der Waals surface area contributed by atoms with Crippen LogP contribution in [0.15, 0.2) is 29.3 Å². The van der Waals surface area contributed by atoms with Crippen LogP contribution in [-0.4, -0.2) is 113 Å². The van der Waals surface area contributed by atoms with Crippen LogP contribution < -0.4 is 4.90 Å². The minimum atomic E-state index is -0.490. The van der Waals surface area contributed by atoms with E-state index in [1.54, 1.807) is 17.2 Å². The number of piperidine rings is 1. The standard InChI is InChI=1S/C39H43ClFN11O/c1-23-31(40)17-25-19-44-20-30(25)33(23)34-24(8-6-12-42)16-29-36(35(34)41)45-39(50-21-28(22-50)49(4)5)37-38(29)52(47-46-37)27-11-15-51(26(18-27)10-13-43)32(53)9-7-14-48(2)3/h7,9,16-17,20,26-28H,6,8,10-11,14-15,18-19,21-22H2,1-5H3/b9-7+/t26-,27+/m1/s1. The summed E-state index contributed by atoms with van der Waals surface area (Å²) < 4.78 is 19.5. The van der Waals surface area contributed by atoms with E-state index in [-0.39, 0.29) is 36.3 Å². The minimum absolute atomic E-state index is 0.122. The number of halogens is 2. The third-order valence-corrected chi connectivity index (χ3v) is 11.2. The Morgan fingerprint density at radius 3 is 2.64 bits per heavy atom. The second-order valence-corrected chi connectivity index (χ2v) is 15.2. The number of pyridine rings is 1. The zero-order chi connectivity index (χ0) is 37.6. The van der Waals surface area contributed by atoms with E-state index in [2.05, 4.69) is 26.9 Å². The molecule has 0 spiro atoms. The summed E-state index contributed by atoms with van der Waals surface area (Å²) in [6.45, 7) is 4.81. The van der Waals surface area contributed by atoms with Gasteiger partial charge in [0.2, 0.25) is 5.91 Å². The number of nitrogens with zero attached hydrogens (tertiary/aromatic N) is 11. The van der Waals surface area contributed by atoms with E-state index >= 15 is 4.39 Å². The first-order chi connectivity index (χ1) is 25.5. The van der Waals surface area contributed by atoms with Gasteiger partial charge in [-0.3, -0.25) is 9.79 Å². The first-order valence-corrected chi connectivity index (χ1v) is 18.4. The van der Waals surface area contributed by atoms with Gasteiger partial charge in [0.15, 0.2) is 17.2 Å². The molecule has 4 aromatic rings. The number of nitriles is 2. The highest BCUT2D eigenvalue weighted by Crippen LogP contribution is 2.44. The average Bonchev–Trinajstić information content (AvgIpc) is 3.76. The van der Waals surface area contributed by atoms with Crippen LogP contribution in [-0.2, 0) is 17.8 Å². The summed E-state index contributed by atoms with van der Waals surface area (Å²) in [4.78, 5) is 30.8. The second-order valence-electron chi connectivity index (χ2n) is 14.8. The Morgan fingerprint density at radius 1 is 1.13 bits per heavy atom. The number of aryl methyl sites for hydroxylation is 1. The van der Waals surface area contributed by atoms with Crippen LogP contribution in [0.25, 0.3) is 33.1 Å². The number of aliphatic imine (C=N–C) groups is 1. The number of rotatable bonds is 10. The molecule has 53 heavy (non-hydrogen) atoms. The molecule has 0 bridgehead atoms. The zero-order valence-corrected chi connectivity index (χ0v) is 31.5. The maximum absolute atomic E-state index is 17.7. The monoisotopic (exact) mass is 735 g/mol. The normalized spacial score (nSPS) is 18.8. The molecule has 0 N–H and O–H groups in total. The van der Waals surface area contributed by atoms with Crippen LogP contribution >= 0.6 is 11.6 Å². The molecule has 2 atom stereocenters. The van der Waals surface area contributed by atoms with Crippen molar-refractivity contribution in [2.24, 2.45) is 4.99 Å². The number of benzene rings is 2. The van der Waals surface area contributed by atoms with Gasteiger partial charge in [0.25, 0.3) is 0 Å². The number of amides is 1. The lowest BCUT2D eigenvalue weighted by atomic mass is 9.87. The molecule has 0 saturated carbocycles. The second kappa shape index (κ2) is 14.8. The Balaban J connectivity index is 1.41. The molecule has 274 valence electrons. The van der Waals surface area contributed by atoms with Gasteiger partial charge in [0.05, 0.1) is 31.1 Å². The van der Waals surface area contributed by atoms with Crippen molar-refractivity contribution in [3.05, 3.63) is 57.4 Å². The van der Waals surface area contributed by atoms with Crippen LogP contribution in [0.2, 0.25) is 5.02 Å². The number of hydrogen-bond donors (Lipinski definition) is 0. The zero-order valence-electron chi connectivity index (χ0n) is 30.8. The summed E-state index contributed by atoms with van der Waals surface area (Å²) >= 11 is 6.75. The molecule has 2 aromatic carbocycles. The van der Waals surface area contributed by atoms with E-state index in [0.29, 0.717) is 102 Å². The van der Waals surface area contributed by atoms with E-state index in [1.165, 1.54) is 0 Å². The van der Waals surface area contributed by atoms with Gasteiger partial charge in [-0.1, -0.05) is 22.9 Å². The molecule has 3 aliphatic heterocycles. The highest BCUT2D eigenvalue weighted by Gasteiger charge is 2.37. The third-order valence-electron chi connectivity index (χ3n) is 10.9. The average molecular weight is 736 g/mol. The number of aromatic nitrogens is 4. The van der Waals surface area contributed by atoms with Crippen molar-refractivity contribution in [3.8, 4) is 23.3 Å². The quantitative estimate of drug-likeness (QED) is 0.195. The maximum atomic E-state index is 17.7. The molecule has 7 rings (SSSR count). The summed E-state index contributed by atoms with van der Waals surface area (Å²) in [7, 11) is 7.95. The lowest BCUT2D eigenvalue weighted by Crippen LogP contribution is -2.57. The maximum Gasteiger partial charge on any atom is 0.246 e. The number of anilines is 1. The fourth-order valence-corrected chi connectivity index (χ4v) is 8.11. The van der Waals surface area contributed by atoms with E-state index < -0.39 is 5.82 Å². The Hall–Kier alpha value is -4.95. The number of carbonyl (C=O) groups is 1. The summed E-state index contributed by atoms with van der Waals surface area (Å²) in [5.74, 6) is -0.0480. The number of fused-ring (bicyclic) bond motifs is 4. The van der Waals surface area contributed by atoms with Crippen molar-refractivity contribution in [3.63, 3.8) is 0 Å². The molecule has 2 aromatic heterocycles. The summed E-state index contributed by atoms with van der Waals surface area (Å²) in [6.07, 6.45) is 6.93. The molecule has 3 aliphatic rings. The predicted octanol–water partition coefficient (Wildman–Crippen LogP) is 5.45. The summed E-state index contributed by atoms with van der Waals surface area (Å²) in [6, 6.07) is 8.12. The highest BCUT2D eigenvalue weighted by atomic mass is 35.5. The van der Waals surface area contributed by atoms with Crippen LogP contribution in [0, 0.1) is 35.4 Å². The van der Waals surface area contributed by atoms with Crippen LogP contribution in [0.4, 0.5) is 10.2 Å². The third kappa shape index (κ3) is 6.63. The number of carbonyl (C=O) groups excluding carboxylic acids is 1. The fourth-order valence-electron chi connectivity index (χ4n) is 7.88. The van der Waals surface area contributed by atoms with E-state index in [1.807, 2.05) is 62.9 Å². The van der Waals surface area contributed by atoms with Gasteiger partial charge in [0, 0.05) is 78.5 Å². The van der Waals surface area contributed by atoms with Gasteiger partial charge in [-0.2, -0.15) is 10.5 Å². The van der Waals surface area contributed by atoms with Gasteiger partial charge < -0.3 is 19.6 Å². The summed E-state index contributed by atoms with van der Waals surface area (Å²) in [5.41, 5.74) is 5.62. The van der Waals surface area contributed by atoms with Crippen molar-refractivity contribution in [2.45, 2.75) is 63.7 Å². The molecule has 12 nitrogen and oxygen atoms in total.